The lowest BCUT2D eigenvalue weighted by Crippen LogP contribution is -2.52. The monoisotopic (exact) mass is 511 g/mol. The number of amides is 3. The summed E-state index contributed by atoms with van der Waals surface area (Å²) in [5, 5.41) is 22.9. The second-order valence-electron chi connectivity index (χ2n) is 11.8. The Balaban J connectivity index is 1.51. The number of nitrogens with zero attached hydrogens (tertiary/aromatic N) is 2. The van der Waals surface area contributed by atoms with Gasteiger partial charge in [0, 0.05) is 17.2 Å². The van der Waals surface area contributed by atoms with Gasteiger partial charge in [-0.25, -0.2) is 4.79 Å². The van der Waals surface area contributed by atoms with E-state index >= 15 is 0 Å². The fraction of sp³-hybridized carbons (Fsp3) is 0.593. The number of hydrogen-bond acceptors (Lipinski definition) is 4. The number of benzene rings is 1. The van der Waals surface area contributed by atoms with E-state index in [1.807, 2.05) is 49.1 Å². The topological polar surface area (TPSA) is 110 Å². The quantitative estimate of drug-likeness (QED) is 0.271. The van der Waals surface area contributed by atoms with E-state index in [4.69, 9.17) is 0 Å². The molecule has 0 saturated heterocycles. The van der Waals surface area contributed by atoms with Gasteiger partial charge in [-0.1, -0.05) is 56.4 Å². The maximum atomic E-state index is 13.6. The molecule has 4 rings (SSSR count). The van der Waals surface area contributed by atoms with Crippen LogP contribution in [0.3, 0.4) is 0 Å². The number of aliphatic hydroxyl groups is 1. The van der Waals surface area contributed by atoms with Gasteiger partial charge in [-0.2, -0.15) is 5.10 Å². The van der Waals surface area contributed by atoms with Crippen LogP contribution < -0.4 is 10.6 Å². The summed E-state index contributed by atoms with van der Waals surface area (Å²) in [6.45, 7) is 11.3. The molecular weight excluding hydrogens is 470 g/mol. The van der Waals surface area contributed by atoms with E-state index in [0.717, 1.165) is 48.9 Å². The molecule has 1 aliphatic carbocycles. The average molecular weight is 512 g/mol. The van der Waals surface area contributed by atoms with Crippen molar-refractivity contribution in [3.63, 3.8) is 0 Å². The predicted octanol–water partition coefficient (Wildman–Crippen LogP) is 5.27. The van der Waals surface area contributed by atoms with Crippen molar-refractivity contribution in [1.29, 1.82) is 0 Å². The molecule has 0 bridgehead atoms. The molecule has 2 aromatic rings. The Morgan fingerprint density at radius 1 is 1.17 bits per heavy atom. The number of anilines is 1. The molecule has 1 aliphatic heterocycles. The van der Waals surface area contributed by atoms with Crippen LogP contribution in [-0.4, -0.2) is 46.8 Å². The lowest BCUT2D eigenvalue weighted by molar-refractivity contribution is -0.121. The van der Waals surface area contributed by atoms with Crippen molar-refractivity contribution in [3.8, 4) is 0 Å². The van der Waals surface area contributed by atoms with E-state index in [1.165, 1.54) is 0 Å². The minimum Gasteiger partial charge on any atom is -0.396 e. The zero-order valence-corrected chi connectivity index (χ0v) is 23.3. The number of carbonyl (C=O) groups is 2. The lowest BCUT2D eigenvalue weighted by Gasteiger charge is -2.48. The van der Waals surface area contributed by atoms with E-state index in [-0.39, 0.29) is 29.6 Å². The molecule has 0 unspecified atom stereocenters. The fourth-order valence-electron chi connectivity index (χ4n) is 5.71. The summed E-state index contributed by atoms with van der Waals surface area (Å²) in [6.07, 6.45) is 5.25. The maximum Gasteiger partial charge on any atom is 0.318 e. The van der Waals surface area contributed by atoms with E-state index in [9.17, 15) is 14.7 Å². The second kappa shape index (κ2) is 10.0. The Labute approximate surface area is 215 Å². The molecule has 2 heterocycles. The first-order chi connectivity index (χ1) is 17.0. The van der Waals surface area contributed by atoms with Gasteiger partial charge < -0.3 is 20.6 Å². The number of rotatable bonds is 9. The Morgan fingerprint density at radius 3 is 2.44 bits per heavy atom. The number of hydrogen-bond donors (Lipinski definition) is 4. The van der Waals surface area contributed by atoms with Crippen LogP contribution in [-0.2, 0) is 16.9 Å². The van der Waals surface area contributed by atoms with Crippen LogP contribution in [0.4, 0.5) is 10.6 Å². The van der Waals surface area contributed by atoms with Gasteiger partial charge in [0.05, 0.1) is 31.9 Å². The standard InChI is InChI=1S/C27H41N5O3Si/c1-26(2)22-20(23(31-30-22)29-24(34)27(15-11-16-27)36(3,4)5)18-32(26)25(35)28-21(14-9-10-17-33)19-12-7-6-8-13-19/h6-8,12-13,21,33H,9-11,14-18H2,1-5H3,(H,28,35)(H2,29,30,31,34)/t21-/m1/s1. The van der Waals surface area contributed by atoms with Crippen molar-refractivity contribution in [1.82, 2.24) is 20.4 Å². The molecule has 0 spiro atoms. The number of carbonyl (C=O) groups excluding carboxylic acids is 2. The number of aliphatic hydroxyl groups excluding tert-OH is 1. The molecule has 196 valence electrons. The summed E-state index contributed by atoms with van der Waals surface area (Å²) >= 11 is 0. The molecule has 1 fully saturated rings. The van der Waals surface area contributed by atoms with E-state index < -0.39 is 13.6 Å². The minimum atomic E-state index is -1.71. The summed E-state index contributed by atoms with van der Waals surface area (Å²) in [7, 11) is -1.71. The van der Waals surface area contributed by atoms with Crippen LogP contribution in [0.2, 0.25) is 24.7 Å². The van der Waals surface area contributed by atoms with Crippen molar-refractivity contribution in [2.24, 2.45) is 0 Å². The Morgan fingerprint density at radius 2 is 1.86 bits per heavy atom. The smallest absolute Gasteiger partial charge is 0.318 e. The Kier molecular flexibility index (Phi) is 7.34. The number of unbranched alkanes of at least 4 members (excludes halogenated alkanes) is 1. The van der Waals surface area contributed by atoms with Crippen LogP contribution in [0.15, 0.2) is 30.3 Å². The van der Waals surface area contributed by atoms with E-state index in [1.54, 1.807) is 0 Å². The largest absolute Gasteiger partial charge is 0.396 e. The van der Waals surface area contributed by atoms with Crippen LogP contribution in [0.5, 0.6) is 0 Å². The van der Waals surface area contributed by atoms with Gasteiger partial charge in [0.2, 0.25) is 5.91 Å². The molecule has 3 amide bonds. The van der Waals surface area contributed by atoms with E-state index in [2.05, 4.69) is 40.5 Å². The highest BCUT2D eigenvalue weighted by Crippen LogP contribution is 2.56. The number of aromatic amines is 1. The molecule has 1 saturated carbocycles. The molecule has 2 aliphatic rings. The number of urea groups is 1. The third-order valence-corrected chi connectivity index (χ3v) is 12.0. The first kappa shape index (κ1) is 26.4. The summed E-state index contributed by atoms with van der Waals surface area (Å²) < 4.78 is 0. The Hall–Kier alpha value is -2.65. The van der Waals surface area contributed by atoms with Gasteiger partial charge in [-0.05, 0) is 51.5 Å². The van der Waals surface area contributed by atoms with Crippen LogP contribution in [0, 0.1) is 0 Å². The van der Waals surface area contributed by atoms with Crippen LogP contribution >= 0.6 is 0 Å². The van der Waals surface area contributed by atoms with Crippen molar-refractivity contribution >= 4 is 25.8 Å². The highest BCUT2D eigenvalue weighted by Gasteiger charge is 2.54. The molecule has 9 heteroatoms. The summed E-state index contributed by atoms with van der Waals surface area (Å²) in [4.78, 5) is 28.8. The summed E-state index contributed by atoms with van der Waals surface area (Å²) in [5.74, 6) is 0.626. The first-order valence-corrected chi connectivity index (χ1v) is 16.6. The van der Waals surface area contributed by atoms with Gasteiger partial charge in [0.1, 0.15) is 0 Å². The average Bonchev–Trinajstić information content (AvgIpc) is 3.30. The third kappa shape index (κ3) is 4.70. The first-order valence-electron chi connectivity index (χ1n) is 13.1. The summed E-state index contributed by atoms with van der Waals surface area (Å²) in [6, 6.07) is 9.65. The van der Waals surface area contributed by atoms with Gasteiger partial charge >= 0.3 is 6.03 Å². The predicted molar refractivity (Wildman–Crippen MR) is 144 cm³/mol. The zero-order valence-electron chi connectivity index (χ0n) is 22.3. The molecule has 1 aromatic heterocycles. The fourth-order valence-corrected chi connectivity index (χ4v) is 8.31. The van der Waals surface area contributed by atoms with Crippen molar-refractivity contribution < 1.29 is 14.7 Å². The number of nitrogens with one attached hydrogen (secondary N) is 3. The minimum absolute atomic E-state index is 0.0796. The molecule has 8 nitrogen and oxygen atoms in total. The molecule has 1 aromatic carbocycles. The number of fused-ring (bicyclic) bond motifs is 1. The lowest BCUT2D eigenvalue weighted by atomic mass is 9.83. The zero-order chi connectivity index (χ0) is 26.1. The summed E-state index contributed by atoms with van der Waals surface area (Å²) in [5.41, 5.74) is 2.19. The second-order valence-corrected chi connectivity index (χ2v) is 17.3. The van der Waals surface area contributed by atoms with Crippen molar-refractivity contribution in [2.75, 3.05) is 11.9 Å². The maximum absolute atomic E-state index is 13.6. The van der Waals surface area contributed by atoms with Gasteiger partial charge in [0.25, 0.3) is 0 Å². The highest BCUT2D eigenvalue weighted by atomic mass is 28.3. The molecule has 4 N–H and O–H groups in total. The van der Waals surface area contributed by atoms with Gasteiger partial charge in [-0.3, -0.25) is 9.89 Å². The highest BCUT2D eigenvalue weighted by molar-refractivity contribution is 6.83. The molecular formula is C27H41N5O3Si. The van der Waals surface area contributed by atoms with Crippen molar-refractivity contribution in [2.45, 2.75) is 95.2 Å². The van der Waals surface area contributed by atoms with Gasteiger partial charge in [-0.15, -0.1) is 0 Å². The van der Waals surface area contributed by atoms with Crippen LogP contribution in [0.25, 0.3) is 0 Å². The van der Waals surface area contributed by atoms with Gasteiger partial charge in [0.15, 0.2) is 5.82 Å². The van der Waals surface area contributed by atoms with Crippen LogP contribution in [0.1, 0.15) is 75.2 Å². The SMILES string of the molecule is CC1(C)c2[nH]nc(NC(=O)C3([Si](C)(C)C)CCC3)c2CN1C(=O)N[C@H](CCCCO)c1ccccc1. The van der Waals surface area contributed by atoms with E-state index in [0.29, 0.717) is 18.8 Å². The third-order valence-electron chi connectivity index (χ3n) is 8.43. The molecule has 0 radical (unpaired) electrons. The normalized spacial score (nSPS) is 18.8. The van der Waals surface area contributed by atoms with Crippen molar-refractivity contribution in [3.05, 3.63) is 47.2 Å². The number of aromatic nitrogens is 2. The molecule has 1 atom stereocenters. The Bertz CT molecular complexity index is 1090. The molecule has 36 heavy (non-hydrogen) atoms. The number of H-pyrrole nitrogens is 1.